The van der Waals surface area contributed by atoms with Crippen LogP contribution in [0.25, 0.3) is 0 Å². The van der Waals surface area contributed by atoms with E-state index in [1.807, 2.05) is 18.4 Å². The van der Waals surface area contributed by atoms with Gasteiger partial charge in [0.15, 0.2) is 0 Å². The third-order valence-electron chi connectivity index (χ3n) is 2.94. The predicted molar refractivity (Wildman–Crippen MR) is 82.0 cm³/mol. The molecule has 6 heteroatoms. The summed E-state index contributed by atoms with van der Waals surface area (Å²) in [5.41, 5.74) is 2.25. The van der Waals surface area contributed by atoms with Gasteiger partial charge in [-0.15, -0.1) is 11.3 Å². The van der Waals surface area contributed by atoms with E-state index in [1.165, 1.54) is 11.3 Å². The average Bonchev–Trinajstić information content (AvgIpc) is 3.08. The van der Waals surface area contributed by atoms with Gasteiger partial charge in [0.25, 0.3) is 5.91 Å². The number of carbonyl (C=O) groups excluding carboxylic acids is 1. The minimum Gasteiger partial charge on any atom is -0.384 e. The van der Waals surface area contributed by atoms with Crippen molar-refractivity contribution in [2.75, 3.05) is 6.61 Å². The molecule has 0 saturated carbocycles. The zero-order valence-electron chi connectivity index (χ0n) is 12.0. The molecule has 0 fully saturated rings. The maximum absolute atomic E-state index is 12.2. The normalized spacial score (nSPS) is 10.0. The Morgan fingerprint density at radius 2 is 2.38 bits per heavy atom. The molecule has 1 amide bonds. The number of aromatic nitrogens is 2. The van der Waals surface area contributed by atoms with Gasteiger partial charge in [0.2, 0.25) is 0 Å². The van der Waals surface area contributed by atoms with Crippen LogP contribution in [0, 0.1) is 11.8 Å². The molecular formula is C15H17N3O2S. The van der Waals surface area contributed by atoms with Gasteiger partial charge in [0, 0.05) is 23.7 Å². The number of amides is 1. The van der Waals surface area contributed by atoms with Crippen LogP contribution >= 0.6 is 11.3 Å². The van der Waals surface area contributed by atoms with Gasteiger partial charge in [0.05, 0.1) is 17.8 Å². The number of hydrogen-bond acceptors (Lipinski definition) is 4. The maximum atomic E-state index is 12.2. The first kappa shape index (κ1) is 15.3. The first-order valence-corrected chi connectivity index (χ1v) is 7.50. The monoisotopic (exact) mass is 303 g/mol. The highest BCUT2D eigenvalue weighted by atomic mass is 32.1. The second kappa shape index (κ2) is 7.07. The van der Waals surface area contributed by atoms with Gasteiger partial charge in [-0.2, -0.15) is 5.10 Å². The van der Waals surface area contributed by atoms with Gasteiger partial charge in [0.1, 0.15) is 6.61 Å². The van der Waals surface area contributed by atoms with Crippen LogP contribution < -0.4 is 5.32 Å². The fourth-order valence-electron chi connectivity index (χ4n) is 1.96. The highest BCUT2D eigenvalue weighted by molar-refractivity contribution is 7.10. The number of hydrogen-bond donors (Lipinski definition) is 2. The number of carbonyl (C=O) groups is 1. The van der Waals surface area contributed by atoms with Gasteiger partial charge in [-0.3, -0.25) is 9.48 Å². The Hall–Kier alpha value is -2.10. The fraction of sp³-hybridized carbons (Fsp3) is 0.333. The molecule has 110 valence electrons. The molecule has 0 bridgehead atoms. The molecule has 0 radical (unpaired) electrons. The van der Waals surface area contributed by atoms with E-state index in [9.17, 15) is 4.79 Å². The van der Waals surface area contributed by atoms with Crippen molar-refractivity contribution in [2.45, 2.75) is 19.9 Å². The lowest BCUT2D eigenvalue weighted by molar-refractivity contribution is 0.0950. The molecule has 2 aromatic heterocycles. The van der Waals surface area contributed by atoms with Gasteiger partial charge >= 0.3 is 0 Å². The van der Waals surface area contributed by atoms with Crippen molar-refractivity contribution >= 4 is 17.2 Å². The standard InChI is InChI=1S/C15H17N3O2S/c1-3-13-12(10-18(2)17-13)15(20)16-9-14-11(5-4-7-19)6-8-21-14/h6,8,10,19H,3,7,9H2,1-2H3,(H,16,20). The zero-order valence-corrected chi connectivity index (χ0v) is 12.8. The molecule has 5 nitrogen and oxygen atoms in total. The second-order valence-corrected chi connectivity index (χ2v) is 5.42. The van der Waals surface area contributed by atoms with Crippen LogP contribution in [0.4, 0.5) is 0 Å². The third-order valence-corrected chi connectivity index (χ3v) is 3.86. The lowest BCUT2D eigenvalue weighted by Gasteiger charge is -2.03. The number of thiophene rings is 1. The molecule has 0 aromatic carbocycles. The molecule has 0 aliphatic carbocycles. The Morgan fingerprint density at radius 1 is 1.57 bits per heavy atom. The molecule has 2 heterocycles. The maximum Gasteiger partial charge on any atom is 0.255 e. The summed E-state index contributed by atoms with van der Waals surface area (Å²) in [5.74, 6) is 5.36. The van der Waals surface area contributed by atoms with Crippen molar-refractivity contribution in [3.63, 3.8) is 0 Å². The van der Waals surface area contributed by atoms with Gasteiger partial charge in [-0.1, -0.05) is 18.8 Å². The van der Waals surface area contributed by atoms with Crippen molar-refractivity contribution in [3.05, 3.63) is 39.3 Å². The van der Waals surface area contributed by atoms with Gasteiger partial charge in [-0.25, -0.2) is 0 Å². The summed E-state index contributed by atoms with van der Waals surface area (Å²) in [6, 6.07) is 1.89. The highest BCUT2D eigenvalue weighted by Gasteiger charge is 2.14. The van der Waals surface area contributed by atoms with Crippen molar-refractivity contribution in [2.24, 2.45) is 7.05 Å². The topological polar surface area (TPSA) is 67.2 Å². The Labute approximate surface area is 127 Å². The summed E-state index contributed by atoms with van der Waals surface area (Å²) < 4.78 is 1.65. The van der Waals surface area contributed by atoms with E-state index in [4.69, 9.17) is 5.11 Å². The summed E-state index contributed by atoms with van der Waals surface area (Å²) in [6.45, 7) is 2.22. The Balaban J connectivity index is 2.06. The summed E-state index contributed by atoms with van der Waals surface area (Å²) in [6.07, 6.45) is 2.45. The van der Waals surface area contributed by atoms with Crippen LogP contribution in [0.5, 0.6) is 0 Å². The Morgan fingerprint density at radius 3 is 3.10 bits per heavy atom. The SMILES string of the molecule is CCc1nn(C)cc1C(=O)NCc1sccc1C#CCO. The summed E-state index contributed by atoms with van der Waals surface area (Å²) in [7, 11) is 1.80. The number of aliphatic hydroxyl groups excluding tert-OH is 1. The van der Waals surface area contributed by atoms with Crippen LogP contribution in [-0.4, -0.2) is 27.4 Å². The molecule has 0 aliphatic rings. The molecule has 2 aromatic rings. The number of aliphatic hydroxyl groups is 1. The number of aryl methyl sites for hydroxylation is 2. The summed E-state index contributed by atoms with van der Waals surface area (Å²) in [5, 5.41) is 17.8. The van der Waals surface area contributed by atoms with Crippen molar-refractivity contribution in [1.82, 2.24) is 15.1 Å². The van der Waals surface area contributed by atoms with E-state index in [-0.39, 0.29) is 12.5 Å². The second-order valence-electron chi connectivity index (χ2n) is 4.42. The molecule has 0 atom stereocenters. The largest absolute Gasteiger partial charge is 0.384 e. The molecule has 2 N–H and O–H groups in total. The van der Waals surface area contributed by atoms with E-state index in [2.05, 4.69) is 22.3 Å². The first-order chi connectivity index (χ1) is 10.2. The molecule has 0 saturated heterocycles. The number of nitrogens with zero attached hydrogens (tertiary/aromatic N) is 2. The van der Waals surface area contributed by atoms with Crippen LogP contribution in [-0.2, 0) is 20.0 Å². The molecule has 0 unspecified atom stereocenters. The fourth-order valence-corrected chi connectivity index (χ4v) is 2.73. The molecular weight excluding hydrogens is 286 g/mol. The van der Waals surface area contributed by atoms with E-state index in [1.54, 1.807) is 17.9 Å². The van der Waals surface area contributed by atoms with Gasteiger partial charge in [-0.05, 0) is 17.9 Å². The number of rotatable bonds is 4. The van der Waals surface area contributed by atoms with Crippen LogP contribution in [0.3, 0.4) is 0 Å². The van der Waals surface area contributed by atoms with Crippen molar-refractivity contribution in [3.8, 4) is 11.8 Å². The molecule has 2 rings (SSSR count). The van der Waals surface area contributed by atoms with E-state index in [0.717, 1.165) is 22.6 Å². The molecule has 21 heavy (non-hydrogen) atoms. The summed E-state index contributed by atoms with van der Waals surface area (Å²) in [4.78, 5) is 13.2. The molecule has 0 aliphatic heterocycles. The number of nitrogens with one attached hydrogen (secondary N) is 1. The lowest BCUT2D eigenvalue weighted by Crippen LogP contribution is -2.23. The Kier molecular flexibility index (Phi) is 5.14. The van der Waals surface area contributed by atoms with Gasteiger partial charge < -0.3 is 10.4 Å². The third kappa shape index (κ3) is 3.72. The first-order valence-electron chi connectivity index (χ1n) is 6.62. The van der Waals surface area contributed by atoms with Crippen molar-refractivity contribution in [1.29, 1.82) is 0 Å². The van der Waals surface area contributed by atoms with Crippen LogP contribution in [0.15, 0.2) is 17.6 Å². The van der Waals surface area contributed by atoms with Crippen LogP contribution in [0.2, 0.25) is 0 Å². The minimum absolute atomic E-state index is 0.130. The smallest absolute Gasteiger partial charge is 0.255 e. The van der Waals surface area contributed by atoms with Crippen molar-refractivity contribution < 1.29 is 9.90 Å². The van der Waals surface area contributed by atoms with E-state index < -0.39 is 0 Å². The summed E-state index contributed by atoms with van der Waals surface area (Å²) >= 11 is 1.53. The zero-order chi connectivity index (χ0) is 15.2. The molecule has 0 spiro atoms. The predicted octanol–water partition coefficient (Wildman–Crippen LogP) is 1.32. The Bertz CT molecular complexity index is 691. The quantitative estimate of drug-likeness (QED) is 0.837. The minimum atomic E-state index is -0.169. The average molecular weight is 303 g/mol. The highest BCUT2D eigenvalue weighted by Crippen LogP contribution is 2.16. The van der Waals surface area contributed by atoms with E-state index >= 15 is 0 Å². The lowest BCUT2D eigenvalue weighted by atomic mass is 10.2. The van der Waals surface area contributed by atoms with Crippen LogP contribution in [0.1, 0.15) is 33.4 Å². The van der Waals surface area contributed by atoms with E-state index in [0.29, 0.717) is 12.1 Å².